The van der Waals surface area contributed by atoms with Gasteiger partial charge in [-0.05, 0) is 28.9 Å². The Morgan fingerprint density at radius 1 is 1.53 bits per heavy atom. The van der Waals surface area contributed by atoms with Crippen LogP contribution in [0.1, 0.15) is 15.5 Å². The third-order valence-electron chi connectivity index (χ3n) is 2.00. The number of nitrogens with zero attached hydrogens (tertiary/aromatic N) is 1. The summed E-state index contributed by atoms with van der Waals surface area (Å²) in [5, 5.41) is 6.95. The predicted octanol–water partition coefficient (Wildman–Crippen LogP) is 3.10. The first-order chi connectivity index (χ1) is 7.25. The van der Waals surface area contributed by atoms with Gasteiger partial charge in [0.25, 0.3) is 0 Å². The summed E-state index contributed by atoms with van der Waals surface area (Å²) in [4.78, 5) is 2.63. The molecule has 0 saturated heterocycles. The molecule has 2 aromatic rings. The highest BCUT2D eigenvalue weighted by atomic mass is 79.9. The highest BCUT2D eigenvalue weighted by Crippen LogP contribution is 2.26. The molecule has 5 heteroatoms. The molecule has 0 amide bonds. The van der Waals surface area contributed by atoms with Gasteiger partial charge in [-0.3, -0.25) is 0 Å². The molecule has 2 rings (SSSR count). The lowest BCUT2D eigenvalue weighted by Gasteiger charge is -1.98. The molecule has 0 radical (unpaired) electrons. The summed E-state index contributed by atoms with van der Waals surface area (Å²) in [7, 11) is 0. The van der Waals surface area contributed by atoms with E-state index in [0.717, 1.165) is 12.3 Å². The van der Waals surface area contributed by atoms with Crippen LogP contribution in [0.2, 0.25) is 0 Å². The molecule has 1 N–H and O–H groups in total. The lowest BCUT2D eigenvalue weighted by atomic mass is 10.4. The van der Waals surface area contributed by atoms with Crippen molar-refractivity contribution in [3.8, 4) is 0 Å². The van der Waals surface area contributed by atoms with Crippen molar-refractivity contribution < 1.29 is 4.52 Å². The van der Waals surface area contributed by atoms with Crippen LogP contribution in [0, 0.1) is 6.92 Å². The van der Waals surface area contributed by atoms with E-state index in [0.29, 0.717) is 6.54 Å². The Balaban J connectivity index is 1.83. The lowest BCUT2D eigenvalue weighted by Crippen LogP contribution is -2.10. The summed E-state index contributed by atoms with van der Waals surface area (Å²) in [6.45, 7) is 3.68. The minimum Gasteiger partial charge on any atom is -0.360 e. The second-order valence-electron chi connectivity index (χ2n) is 3.20. The van der Waals surface area contributed by atoms with Crippen LogP contribution in [-0.2, 0) is 13.1 Å². The van der Waals surface area contributed by atoms with E-state index in [4.69, 9.17) is 4.52 Å². The second kappa shape index (κ2) is 4.92. The Bertz CT molecular complexity index is 405. The van der Waals surface area contributed by atoms with Crippen molar-refractivity contribution >= 4 is 27.3 Å². The van der Waals surface area contributed by atoms with E-state index in [-0.39, 0.29) is 0 Å². The zero-order valence-electron chi connectivity index (χ0n) is 8.29. The molecular formula is C10H11BrN2OS. The van der Waals surface area contributed by atoms with E-state index in [1.165, 1.54) is 14.2 Å². The molecule has 0 aromatic carbocycles. The Kier molecular flexibility index (Phi) is 3.56. The first-order valence-corrected chi connectivity index (χ1v) is 6.22. The SMILES string of the molecule is Cc1sc(CNCc2ccno2)cc1Br. The van der Waals surface area contributed by atoms with E-state index in [1.807, 2.05) is 6.07 Å². The zero-order chi connectivity index (χ0) is 10.7. The van der Waals surface area contributed by atoms with Crippen molar-refractivity contribution in [1.29, 1.82) is 0 Å². The number of hydrogen-bond acceptors (Lipinski definition) is 4. The number of aryl methyl sites for hydroxylation is 1. The van der Waals surface area contributed by atoms with Crippen LogP contribution in [0.15, 0.2) is 27.3 Å². The number of aromatic nitrogens is 1. The van der Waals surface area contributed by atoms with E-state index in [2.05, 4.69) is 39.4 Å². The van der Waals surface area contributed by atoms with Crippen LogP contribution in [0.4, 0.5) is 0 Å². The first kappa shape index (κ1) is 10.9. The summed E-state index contributed by atoms with van der Waals surface area (Å²) >= 11 is 5.30. The van der Waals surface area contributed by atoms with Gasteiger partial charge in [0, 0.05) is 26.8 Å². The van der Waals surface area contributed by atoms with Gasteiger partial charge >= 0.3 is 0 Å². The van der Waals surface area contributed by atoms with Crippen molar-refractivity contribution in [2.45, 2.75) is 20.0 Å². The van der Waals surface area contributed by atoms with Crippen molar-refractivity contribution in [1.82, 2.24) is 10.5 Å². The summed E-state index contributed by atoms with van der Waals surface area (Å²) in [6.07, 6.45) is 1.66. The van der Waals surface area contributed by atoms with Gasteiger partial charge in [-0.1, -0.05) is 5.16 Å². The highest BCUT2D eigenvalue weighted by Gasteiger charge is 2.02. The summed E-state index contributed by atoms with van der Waals surface area (Å²) in [6, 6.07) is 4.01. The Hall–Kier alpha value is -0.650. The van der Waals surface area contributed by atoms with Gasteiger partial charge in [-0.25, -0.2) is 0 Å². The van der Waals surface area contributed by atoms with Gasteiger partial charge in [0.1, 0.15) is 5.76 Å². The molecule has 0 aliphatic heterocycles. The van der Waals surface area contributed by atoms with Crippen molar-refractivity contribution in [3.63, 3.8) is 0 Å². The van der Waals surface area contributed by atoms with E-state index in [1.54, 1.807) is 17.5 Å². The molecule has 0 aliphatic rings. The maximum atomic E-state index is 4.98. The smallest absolute Gasteiger partial charge is 0.150 e. The molecule has 0 spiro atoms. The van der Waals surface area contributed by atoms with Gasteiger partial charge in [0.05, 0.1) is 12.7 Å². The van der Waals surface area contributed by atoms with Crippen LogP contribution >= 0.6 is 27.3 Å². The van der Waals surface area contributed by atoms with Gasteiger partial charge in [-0.2, -0.15) is 0 Å². The molecule has 0 atom stereocenters. The highest BCUT2D eigenvalue weighted by molar-refractivity contribution is 9.10. The fourth-order valence-electron chi connectivity index (χ4n) is 1.25. The molecule has 0 aliphatic carbocycles. The maximum Gasteiger partial charge on any atom is 0.150 e. The van der Waals surface area contributed by atoms with Crippen LogP contribution in [0.3, 0.4) is 0 Å². The molecule has 15 heavy (non-hydrogen) atoms. The average molecular weight is 287 g/mol. The maximum absolute atomic E-state index is 4.98. The van der Waals surface area contributed by atoms with Crippen molar-refractivity contribution in [2.75, 3.05) is 0 Å². The molecule has 80 valence electrons. The predicted molar refractivity (Wildman–Crippen MR) is 63.8 cm³/mol. The fraction of sp³-hybridized carbons (Fsp3) is 0.300. The second-order valence-corrected chi connectivity index (χ2v) is 5.39. The molecule has 0 bridgehead atoms. The molecule has 3 nitrogen and oxygen atoms in total. The number of rotatable bonds is 4. The van der Waals surface area contributed by atoms with Gasteiger partial charge < -0.3 is 9.84 Å². The zero-order valence-corrected chi connectivity index (χ0v) is 10.7. The van der Waals surface area contributed by atoms with Gasteiger partial charge in [0.15, 0.2) is 0 Å². The van der Waals surface area contributed by atoms with Crippen LogP contribution < -0.4 is 5.32 Å². The third kappa shape index (κ3) is 2.90. The summed E-state index contributed by atoms with van der Waals surface area (Å²) in [5.41, 5.74) is 0. The monoisotopic (exact) mass is 286 g/mol. The summed E-state index contributed by atoms with van der Waals surface area (Å²) < 4.78 is 6.17. The van der Waals surface area contributed by atoms with E-state index < -0.39 is 0 Å². The van der Waals surface area contributed by atoms with E-state index >= 15 is 0 Å². The third-order valence-corrected chi connectivity index (χ3v) is 4.13. The standard InChI is InChI=1S/C10H11BrN2OS/c1-7-10(11)4-9(15-7)6-12-5-8-2-3-13-14-8/h2-4,12H,5-6H2,1H3. The molecule has 2 heterocycles. The fourth-order valence-corrected chi connectivity index (χ4v) is 2.82. The van der Waals surface area contributed by atoms with Crippen LogP contribution in [-0.4, -0.2) is 5.16 Å². The quantitative estimate of drug-likeness (QED) is 0.939. The number of halogens is 1. The number of thiophene rings is 1. The topological polar surface area (TPSA) is 38.1 Å². The molecule has 0 unspecified atom stereocenters. The Morgan fingerprint density at radius 2 is 2.40 bits per heavy atom. The minimum atomic E-state index is 0.717. The molecular weight excluding hydrogens is 276 g/mol. The number of nitrogens with one attached hydrogen (secondary N) is 1. The summed E-state index contributed by atoms with van der Waals surface area (Å²) in [5.74, 6) is 0.863. The molecule has 2 aromatic heterocycles. The van der Waals surface area contributed by atoms with Crippen molar-refractivity contribution in [3.05, 3.63) is 38.3 Å². The Morgan fingerprint density at radius 3 is 3.00 bits per heavy atom. The first-order valence-electron chi connectivity index (χ1n) is 4.61. The number of hydrogen-bond donors (Lipinski definition) is 1. The largest absolute Gasteiger partial charge is 0.360 e. The lowest BCUT2D eigenvalue weighted by molar-refractivity contribution is 0.373. The Labute approximate surface area is 101 Å². The van der Waals surface area contributed by atoms with Crippen LogP contribution in [0.25, 0.3) is 0 Å². The van der Waals surface area contributed by atoms with Gasteiger partial charge in [0.2, 0.25) is 0 Å². The van der Waals surface area contributed by atoms with E-state index in [9.17, 15) is 0 Å². The van der Waals surface area contributed by atoms with Gasteiger partial charge in [-0.15, -0.1) is 11.3 Å². The normalized spacial score (nSPS) is 10.8. The minimum absolute atomic E-state index is 0.717. The molecule has 0 saturated carbocycles. The van der Waals surface area contributed by atoms with Crippen molar-refractivity contribution in [2.24, 2.45) is 0 Å². The van der Waals surface area contributed by atoms with Crippen LogP contribution in [0.5, 0.6) is 0 Å². The molecule has 0 fully saturated rings. The average Bonchev–Trinajstić information content (AvgIpc) is 2.79.